The van der Waals surface area contributed by atoms with Crippen molar-refractivity contribution in [1.29, 1.82) is 0 Å². The van der Waals surface area contributed by atoms with Crippen molar-refractivity contribution in [3.63, 3.8) is 0 Å². The number of hydrogen-bond acceptors (Lipinski definition) is 3. The minimum absolute atomic E-state index is 0.0181. The second-order valence-corrected chi connectivity index (χ2v) is 3.03. The van der Waals surface area contributed by atoms with Gasteiger partial charge in [0.05, 0.1) is 19.3 Å². The highest BCUT2D eigenvalue weighted by Gasteiger charge is 2.07. The highest BCUT2D eigenvalue weighted by molar-refractivity contribution is 5.30. The zero-order valence-corrected chi connectivity index (χ0v) is 8.66. The van der Waals surface area contributed by atoms with E-state index in [-0.39, 0.29) is 12.6 Å². The van der Waals surface area contributed by atoms with E-state index in [1.165, 1.54) is 0 Å². The maximum Gasteiger partial charge on any atom is 0.119 e. The minimum Gasteiger partial charge on any atom is -0.494 e. The molecule has 0 fully saturated rings. The Morgan fingerprint density at radius 3 is 2.86 bits per heavy atom. The Morgan fingerprint density at radius 2 is 2.29 bits per heavy atom. The van der Waals surface area contributed by atoms with Crippen LogP contribution in [0.5, 0.6) is 5.75 Å². The Bertz CT molecular complexity index is 272. The van der Waals surface area contributed by atoms with E-state index in [9.17, 15) is 0 Å². The molecule has 78 valence electrons. The van der Waals surface area contributed by atoms with Gasteiger partial charge in [0.15, 0.2) is 0 Å². The van der Waals surface area contributed by atoms with Gasteiger partial charge < -0.3 is 15.2 Å². The molecular weight excluding hydrogens is 178 g/mol. The normalized spacial score (nSPS) is 12.5. The van der Waals surface area contributed by atoms with E-state index in [1.54, 1.807) is 0 Å². The van der Waals surface area contributed by atoms with Crippen LogP contribution in [0.4, 0.5) is 0 Å². The van der Waals surface area contributed by atoms with Crippen LogP contribution in [-0.2, 0) is 0 Å². The summed E-state index contributed by atoms with van der Waals surface area (Å²) in [6.07, 6.45) is 0. The number of aliphatic hydroxyl groups is 1. The zero-order chi connectivity index (χ0) is 10.4. The molecule has 1 aromatic carbocycles. The van der Waals surface area contributed by atoms with Crippen molar-refractivity contribution < 1.29 is 9.84 Å². The molecule has 1 atom stereocenters. The number of benzene rings is 1. The molecule has 0 saturated heterocycles. The van der Waals surface area contributed by atoms with Gasteiger partial charge in [0.1, 0.15) is 5.75 Å². The van der Waals surface area contributed by atoms with E-state index in [4.69, 9.17) is 9.84 Å². The fourth-order valence-corrected chi connectivity index (χ4v) is 1.35. The van der Waals surface area contributed by atoms with Crippen molar-refractivity contribution in [3.05, 3.63) is 29.8 Å². The molecule has 0 radical (unpaired) electrons. The van der Waals surface area contributed by atoms with E-state index in [0.29, 0.717) is 6.61 Å². The van der Waals surface area contributed by atoms with Gasteiger partial charge in [-0.25, -0.2) is 0 Å². The average molecular weight is 195 g/mol. The maximum atomic E-state index is 9.10. The summed E-state index contributed by atoms with van der Waals surface area (Å²) in [6, 6.07) is 7.74. The van der Waals surface area contributed by atoms with E-state index in [1.807, 2.05) is 38.2 Å². The van der Waals surface area contributed by atoms with Crippen molar-refractivity contribution in [2.75, 3.05) is 20.3 Å². The average Bonchev–Trinajstić information content (AvgIpc) is 2.21. The number of hydrogen-bond donors (Lipinski definition) is 2. The van der Waals surface area contributed by atoms with Gasteiger partial charge in [-0.05, 0) is 31.7 Å². The minimum atomic E-state index is -0.0181. The van der Waals surface area contributed by atoms with Crippen molar-refractivity contribution in [2.24, 2.45) is 0 Å². The molecule has 3 nitrogen and oxygen atoms in total. The molecule has 3 heteroatoms. The summed E-state index contributed by atoms with van der Waals surface area (Å²) >= 11 is 0. The summed E-state index contributed by atoms with van der Waals surface area (Å²) in [6.45, 7) is 2.70. The molecule has 0 aliphatic rings. The lowest BCUT2D eigenvalue weighted by Crippen LogP contribution is -2.19. The fourth-order valence-electron chi connectivity index (χ4n) is 1.35. The van der Waals surface area contributed by atoms with Crippen LogP contribution in [0.15, 0.2) is 24.3 Å². The van der Waals surface area contributed by atoms with Crippen molar-refractivity contribution in [3.8, 4) is 5.75 Å². The summed E-state index contributed by atoms with van der Waals surface area (Å²) in [5.74, 6) is 0.846. The summed E-state index contributed by atoms with van der Waals surface area (Å²) in [5.41, 5.74) is 1.04. The molecule has 0 aliphatic heterocycles. The second-order valence-electron chi connectivity index (χ2n) is 3.03. The van der Waals surface area contributed by atoms with Crippen LogP contribution in [0.2, 0.25) is 0 Å². The quantitative estimate of drug-likeness (QED) is 0.745. The van der Waals surface area contributed by atoms with Gasteiger partial charge in [0.2, 0.25) is 0 Å². The van der Waals surface area contributed by atoms with Gasteiger partial charge in [0.25, 0.3) is 0 Å². The van der Waals surface area contributed by atoms with E-state index < -0.39 is 0 Å². The van der Waals surface area contributed by atoms with Crippen molar-refractivity contribution >= 4 is 0 Å². The van der Waals surface area contributed by atoms with E-state index >= 15 is 0 Å². The number of rotatable bonds is 5. The third-order valence-corrected chi connectivity index (χ3v) is 2.10. The zero-order valence-electron chi connectivity index (χ0n) is 8.66. The van der Waals surface area contributed by atoms with Crippen molar-refractivity contribution in [2.45, 2.75) is 13.0 Å². The Balaban J connectivity index is 2.81. The van der Waals surface area contributed by atoms with E-state index in [0.717, 1.165) is 11.3 Å². The third kappa shape index (κ3) is 2.72. The smallest absolute Gasteiger partial charge is 0.119 e. The lowest BCUT2D eigenvalue weighted by atomic mass is 10.1. The third-order valence-electron chi connectivity index (χ3n) is 2.10. The largest absolute Gasteiger partial charge is 0.494 e. The predicted octanol–water partition coefficient (Wildman–Crippen LogP) is 1.34. The number of ether oxygens (including phenoxy) is 1. The summed E-state index contributed by atoms with van der Waals surface area (Å²) in [5, 5.41) is 12.1. The SMILES string of the molecule is CCOc1cccc([C@@H](CO)NC)c1. The predicted molar refractivity (Wildman–Crippen MR) is 56.5 cm³/mol. The van der Waals surface area contributed by atoms with Crippen LogP contribution >= 0.6 is 0 Å². The lowest BCUT2D eigenvalue weighted by molar-refractivity contribution is 0.250. The van der Waals surface area contributed by atoms with Gasteiger partial charge in [0, 0.05) is 0 Å². The maximum absolute atomic E-state index is 9.10. The van der Waals surface area contributed by atoms with Crippen LogP contribution in [0.25, 0.3) is 0 Å². The van der Waals surface area contributed by atoms with Gasteiger partial charge in [-0.3, -0.25) is 0 Å². The Hall–Kier alpha value is -1.06. The first kappa shape index (κ1) is 11.0. The van der Waals surface area contributed by atoms with Crippen LogP contribution < -0.4 is 10.1 Å². The number of nitrogens with one attached hydrogen (secondary N) is 1. The molecular formula is C11H17NO2. The Labute approximate surface area is 84.7 Å². The number of aliphatic hydroxyl groups excluding tert-OH is 1. The highest BCUT2D eigenvalue weighted by atomic mass is 16.5. The van der Waals surface area contributed by atoms with Crippen LogP contribution in [-0.4, -0.2) is 25.4 Å². The number of likely N-dealkylation sites (N-methyl/N-ethyl adjacent to an activating group) is 1. The van der Waals surface area contributed by atoms with Gasteiger partial charge in [-0.2, -0.15) is 0 Å². The lowest BCUT2D eigenvalue weighted by Gasteiger charge is -2.14. The van der Waals surface area contributed by atoms with Gasteiger partial charge in [-0.1, -0.05) is 12.1 Å². The molecule has 0 amide bonds. The molecule has 0 unspecified atom stereocenters. The summed E-state index contributed by atoms with van der Waals surface area (Å²) in [4.78, 5) is 0. The summed E-state index contributed by atoms with van der Waals surface area (Å²) < 4.78 is 5.38. The first-order chi connectivity index (χ1) is 6.81. The standard InChI is InChI=1S/C11H17NO2/c1-3-14-10-6-4-5-9(7-10)11(8-13)12-2/h4-7,11-13H,3,8H2,1-2H3/t11-/m1/s1. The molecule has 14 heavy (non-hydrogen) atoms. The molecule has 0 aromatic heterocycles. The Kier molecular flexibility index (Phi) is 4.43. The topological polar surface area (TPSA) is 41.5 Å². The molecule has 1 rings (SSSR count). The Morgan fingerprint density at radius 1 is 1.50 bits per heavy atom. The summed E-state index contributed by atoms with van der Waals surface area (Å²) in [7, 11) is 1.83. The molecule has 0 saturated carbocycles. The molecule has 0 heterocycles. The highest BCUT2D eigenvalue weighted by Crippen LogP contribution is 2.18. The van der Waals surface area contributed by atoms with Crippen LogP contribution in [0.1, 0.15) is 18.5 Å². The van der Waals surface area contributed by atoms with E-state index in [2.05, 4.69) is 5.32 Å². The van der Waals surface area contributed by atoms with Crippen LogP contribution in [0, 0.1) is 0 Å². The van der Waals surface area contributed by atoms with Gasteiger partial charge >= 0.3 is 0 Å². The van der Waals surface area contributed by atoms with Gasteiger partial charge in [-0.15, -0.1) is 0 Å². The molecule has 0 aliphatic carbocycles. The molecule has 0 spiro atoms. The second kappa shape index (κ2) is 5.62. The monoisotopic (exact) mass is 195 g/mol. The molecule has 2 N–H and O–H groups in total. The molecule has 1 aromatic rings. The van der Waals surface area contributed by atoms with Crippen LogP contribution in [0.3, 0.4) is 0 Å². The fraction of sp³-hybridized carbons (Fsp3) is 0.455. The van der Waals surface area contributed by atoms with Crippen molar-refractivity contribution in [1.82, 2.24) is 5.32 Å². The first-order valence-corrected chi connectivity index (χ1v) is 4.82. The first-order valence-electron chi connectivity index (χ1n) is 4.82. The molecule has 0 bridgehead atoms.